The zero-order chi connectivity index (χ0) is 17.1. The number of rotatable bonds is 2. The van der Waals surface area contributed by atoms with E-state index < -0.39 is 0 Å². The van der Waals surface area contributed by atoms with Crippen molar-refractivity contribution >= 4 is 45.4 Å². The lowest BCUT2D eigenvalue weighted by Gasteiger charge is -2.08. The first-order valence-corrected chi connectivity index (χ1v) is 9.48. The van der Waals surface area contributed by atoms with Gasteiger partial charge in [0.05, 0.1) is 16.1 Å². The van der Waals surface area contributed by atoms with Crippen LogP contribution in [0.2, 0.25) is 10.0 Å². The van der Waals surface area contributed by atoms with Crippen LogP contribution in [-0.2, 0) is 12.8 Å². The highest BCUT2D eigenvalue weighted by atomic mass is 35.5. The molecule has 124 valence electrons. The molecule has 3 nitrogen and oxygen atoms in total. The van der Waals surface area contributed by atoms with Gasteiger partial charge < -0.3 is 5.32 Å². The lowest BCUT2D eigenvalue weighted by Crippen LogP contribution is -2.12. The fourth-order valence-corrected chi connectivity index (χ4v) is 4.58. The van der Waals surface area contributed by atoms with Gasteiger partial charge in [0, 0.05) is 9.90 Å². The topological polar surface area (TPSA) is 52.9 Å². The minimum atomic E-state index is -0.340. The van der Waals surface area contributed by atoms with E-state index in [1.807, 2.05) is 0 Å². The van der Waals surface area contributed by atoms with Crippen molar-refractivity contribution in [3.05, 3.63) is 49.8 Å². The van der Waals surface area contributed by atoms with E-state index in [9.17, 15) is 10.1 Å². The van der Waals surface area contributed by atoms with Crippen molar-refractivity contribution < 1.29 is 4.79 Å². The van der Waals surface area contributed by atoms with Crippen LogP contribution >= 0.6 is 34.5 Å². The van der Waals surface area contributed by atoms with Crippen molar-refractivity contribution in [3.63, 3.8) is 0 Å². The number of anilines is 1. The fourth-order valence-electron chi connectivity index (χ4n) is 2.97. The molecule has 1 aliphatic carbocycles. The number of nitrogens with zero attached hydrogens (tertiary/aromatic N) is 1. The van der Waals surface area contributed by atoms with Crippen molar-refractivity contribution in [2.45, 2.75) is 38.5 Å². The zero-order valence-electron chi connectivity index (χ0n) is 13.0. The van der Waals surface area contributed by atoms with Crippen LogP contribution in [0.5, 0.6) is 0 Å². The Kier molecular flexibility index (Phi) is 5.45. The number of nitriles is 1. The molecule has 1 heterocycles. The van der Waals surface area contributed by atoms with Crippen LogP contribution in [0.3, 0.4) is 0 Å². The van der Waals surface area contributed by atoms with Crippen molar-refractivity contribution in [2.75, 3.05) is 5.32 Å². The first-order chi connectivity index (χ1) is 11.6. The van der Waals surface area contributed by atoms with Gasteiger partial charge in [-0.05, 0) is 49.4 Å². The van der Waals surface area contributed by atoms with Gasteiger partial charge in [-0.3, -0.25) is 4.79 Å². The SMILES string of the molecule is N#Cc1c(NC(=O)c2cc(Cl)ccc2Cl)sc2c1CCCCCC2. The molecule has 0 saturated carbocycles. The third kappa shape index (κ3) is 3.59. The number of thiophene rings is 1. The molecule has 0 unspecified atom stereocenters. The van der Waals surface area contributed by atoms with Gasteiger partial charge in [-0.1, -0.05) is 36.0 Å². The summed E-state index contributed by atoms with van der Waals surface area (Å²) in [6.45, 7) is 0. The summed E-state index contributed by atoms with van der Waals surface area (Å²) in [5, 5.41) is 13.8. The molecule has 1 aromatic heterocycles. The molecule has 1 amide bonds. The van der Waals surface area contributed by atoms with E-state index in [-0.39, 0.29) is 5.91 Å². The molecule has 2 aromatic rings. The first kappa shape index (κ1) is 17.3. The second-order valence-electron chi connectivity index (χ2n) is 5.81. The van der Waals surface area contributed by atoms with Crippen LogP contribution in [0.25, 0.3) is 0 Å². The van der Waals surface area contributed by atoms with Gasteiger partial charge in [0.25, 0.3) is 5.91 Å². The molecule has 24 heavy (non-hydrogen) atoms. The maximum Gasteiger partial charge on any atom is 0.257 e. The fraction of sp³-hybridized carbons (Fsp3) is 0.333. The van der Waals surface area contributed by atoms with Crippen LogP contribution < -0.4 is 5.32 Å². The number of carbonyl (C=O) groups is 1. The molecule has 0 bridgehead atoms. The summed E-state index contributed by atoms with van der Waals surface area (Å²) in [6.07, 6.45) is 6.52. The van der Waals surface area contributed by atoms with Gasteiger partial charge in [0.15, 0.2) is 0 Å². The number of aryl methyl sites for hydroxylation is 1. The molecule has 3 rings (SSSR count). The monoisotopic (exact) mass is 378 g/mol. The second kappa shape index (κ2) is 7.57. The van der Waals surface area contributed by atoms with Crippen molar-refractivity contribution in [3.8, 4) is 6.07 Å². The zero-order valence-corrected chi connectivity index (χ0v) is 15.3. The smallest absolute Gasteiger partial charge is 0.257 e. The van der Waals surface area contributed by atoms with Gasteiger partial charge in [-0.15, -0.1) is 11.3 Å². The quantitative estimate of drug-likeness (QED) is 0.713. The van der Waals surface area contributed by atoms with Gasteiger partial charge in [0.1, 0.15) is 11.1 Å². The van der Waals surface area contributed by atoms with E-state index >= 15 is 0 Å². The van der Waals surface area contributed by atoms with E-state index in [0.717, 1.165) is 31.2 Å². The van der Waals surface area contributed by atoms with Crippen LogP contribution in [0.15, 0.2) is 18.2 Å². The van der Waals surface area contributed by atoms with Crippen LogP contribution in [-0.4, -0.2) is 5.91 Å². The number of carbonyl (C=O) groups excluding carboxylic acids is 1. The molecule has 1 aliphatic rings. The normalized spacial score (nSPS) is 14.2. The van der Waals surface area contributed by atoms with Gasteiger partial charge in [-0.2, -0.15) is 5.26 Å². The predicted octanol–water partition coefficient (Wildman–Crippen LogP) is 5.84. The summed E-state index contributed by atoms with van der Waals surface area (Å²) < 4.78 is 0. The number of halogens is 2. The molecule has 0 atom stereocenters. The summed E-state index contributed by atoms with van der Waals surface area (Å²) in [7, 11) is 0. The second-order valence-corrected chi connectivity index (χ2v) is 7.76. The molecular formula is C18H16Cl2N2OS. The average molecular weight is 379 g/mol. The first-order valence-electron chi connectivity index (χ1n) is 7.91. The van der Waals surface area contributed by atoms with Gasteiger partial charge in [0.2, 0.25) is 0 Å². The van der Waals surface area contributed by atoms with E-state index in [0.29, 0.717) is 26.2 Å². The van der Waals surface area contributed by atoms with Crippen molar-refractivity contribution in [1.82, 2.24) is 0 Å². The molecule has 1 N–H and O–H groups in total. The standard InChI is InChI=1S/C18H16Cl2N2OS/c19-11-7-8-15(20)13(9-11)17(23)22-18-14(10-21)12-5-3-1-2-4-6-16(12)24-18/h7-9H,1-6H2,(H,22,23). The Balaban J connectivity index is 1.92. The van der Waals surface area contributed by atoms with Crippen molar-refractivity contribution in [1.29, 1.82) is 5.26 Å². The number of fused-ring (bicyclic) bond motifs is 1. The van der Waals surface area contributed by atoms with Crippen molar-refractivity contribution in [2.24, 2.45) is 0 Å². The Morgan fingerprint density at radius 3 is 2.67 bits per heavy atom. The summed E-state index contributed by atoms with van der Waals surface area (Å²) in [6, 6.07) is 7.04. The third-order valence-electron chi connectivity index (χ3n) is 4.18. The van der Waals surface area contributed by atoms with E-state index in [2.05, 4.69) is 11.4 Å². The Morgan fingerprint density at radius 1 is 1.17 bits per heavy atom. The van der Waals surface area contributed by atoms with E-state index in [1.165, 1.54) is 35.1 Å². The van der Waals surface area contributed by atoms with E-state index in [1.54, 1.807) is 12.1 Å². The van der Waals surface area contributed by atoms with E-state index in [4.69, 9.17) is 23.2 Å². The lowest BCUT2D eigenvalue weighted by molar-refractivity contribution is 0.102. The number of benzene rings is 1. The highest BCUT2D eigenvalue weighted by Gasteiger charge is 2.21. The number of hydrogen-bond acceptors (Lipinski definition) is 3. The molecule has 0 saturated heterocycles. The molecular weight excluding hydrogens is 363 g/mol. The summed E-state index contributed by atoms with van der Waals surface area (Å²) in [5.74, 6) is -0.340. The predicted molar refractivity (Wildman–Crippen MR) is 99.3 cm³/mol. The Bertz CT molecular complexity index is 823. The van der Waals surface area contributed by atoms with Crippen LogP contribution in [0, 0.1) is 11.3 Å². The molecule has 0 aliphatic heterocycles. The van der Waals surface area contributed by atoms with Gasteiger partial charge >= 0.3 is 0 Å². The van der Waals surface area contributed by atoms with Crippen LogP contribution in [0.1, 0.15) is 52.0 Å². The number of nitrogens with one attached hydrogen (secondary N) is 1. The maximum atomic E-state index is 12.5. The minimum absolute atomic E-state index is 0.314. The molecule has 0 fully saturated rings. The number of amides is 1. The average Bonchev–Trinajstić information content (AvgIpc) is 2.85. The maximum absolute atomic E-state index is 12.5. The lowest BCUT2D eigenvalue weighted by atomic mass is 9.97. The molecule has 0 spiro atoms. The third-order valence-corrected chi connectivity index (χ3v) is 5.96. The summed E-state index contributed by atoms with van der Waals surface area (Å²) >= 11 is 13.6. The Labute approximate surface area is 155 Å². The largest absolute Gasteiger partial charge is 0.312 e. The minimum Gasteiger partial charge on any atom is -0.312 e. The summed E-state index contributed by atoms with van der Waals surface area (Å²) in [5.41, 5.74) is 2.02. The molecule has 6 heteroatoms. The Morgan fingerprint density at radius 2 is 1.92 bits per heavy atom. The molecule has 0 radical (unpaired) electrons. The Hall–Kier alpha value is -1.54. The number of hydrogen-bond donors (Lipinski definition) is 1. The van der Waals surface area contributed by atoms with Gasteiger partial charge in [-0.25, -0.2) is 0 Å². The molecule has 1 aromatic carbocycles. The highest BCUT2D eigenvalue weighted by Crippen LogP contribution is 2.37. The summed E-state index contributed by atoms with van der Waals surface area (Å²) in [4.78, 5) is 13.8. The van der Waals surface area contributed by atoms with Crippen LogP contribution in [0.4, 0.5) is 5.00 Å². The highest BCUT2D eigenvalue weighted by molar-refractivity contribution is 7.16.